The number of rotatable bonds is 6. The van der Waals surface area contributed by atoms with E-state index < -0.39 is 0 Å². The van der Waals surface area contributed by atoms with Crippen LogP contribution in [0, 0.1) is 0 Å². The van der Waals surface area contributed by atoms with E-state index in [-0.39, 0.29) is 23.8 Å². The van der Waals surface area contributed by atoms with Crippen molar-refractivity contribution >= 4 is 11.9 Å². The maximum absolute atomic E-state index is 12.7. The normalized spacial score (nSPS) is 15.6. The highest BCUT2D eigenvalue weighted by Crippen LogP contribution is 2.29. The number of aromatic nitrogens is 3. The lowest BCUT2D eigenvalue weighted by Gasteiger charge is -2.33. The largest absolute Gasteiger partial charge is 0.353 e. The third-order valence-electron chi connectivity index (χ3n) is 6.16. The van der Waals surface area contributed by atoms with Gasteiger partial charge in [-0.05, 0) is 48.9 Å². The molecule has 2 aromatic heterocycles. The second-order valence-electron chi connectivity index (χ2n) is 8.76. The first-order chi connectivity index (χ1) is 15.5. The number of nitrogens with one attached hydrogen (secondary N) is 1. The van der Waals surface area contributed by atoms with Crippen LogP contribution in [0.5, 0.6) is 0 Å². The Bertz CT molecular complexity index is 1030. The maximum Gasteiger partial charge on any atom is 0.227 e. The zero-order valence-electron chi connectivity index (χ0n) is 19.0. The van der Waals surface area contributed by atoms with Gasteiger partial charge in [0.15, 0.2) is 0 Å². The lowest BCUT2D eigenvalue weighted by Crippen LogP contribution is -2.46. The first-order valence-corrected chi connectivity index (χ1v) is 11.4. The van der Waals surface area contributed by atoms with Crippen LogP contribution in [0.4, 0.5) is 5.95 Å². The summed E-state index contributed by atoms with van der Waals surface area (Å²) in [6, 6.07) is 14.1. The fourth-order valence-electron chi connectivity index (χ4n) is 4.17. The number of piperidine rings is 1. The molecule has 3 heterocycles. The Morgan fingerprint density at radius 2 is 1.72 bits per heavy atom. The molecule has 32 heavy (non-hydrogen) atoms. The van der Waals surface area contributed by atoms with Gasteiger partial charge in [0.2, 0.25) is 11.9 Å². The van der Waals surface area contributed by atoms with Gasteiger partial charge in [-0.15, -0.1) is 0 Å². The van der Waals surface area contributed by atoms with Crippen LogP contribution in [0.2, 0.25) is 0 Å². The van der Waals surface area contributed by atoms with E-state index in [2.05, 4.69) is 34.0 Å². The van der Waals surface area contributed by atoms with Crippen molar-refractivity contribution < 1.29 is 4.79 Å². The number of benzene rings is 1. The van der Waals surface area contributed by atoms with Crippen molar-refractivity contribution in [1.82, 2.24) is 20.3 Å². The van der Waals surface area contributed by atoms with Gasteiger partial charge in [-0.25, -0.2) is 9.97 Å². The average Bonchev–Trinajstić information content (AvgIpc) is 2.84. The molecule has 3 aromatic rings. The van der Waals surface area contributed by atoms with Gasteiger partial charge in [-0.2, -0.15) is 0 Å². The lowest BCUT2D eigenvalue weighted by molar-refractivity contribution is -0.123. The number of carbonyl (C=O) groups excluding carboxylic acids is 1. The predicted octanol–water partition coefficient (Wildman–Crippen LogP) is 4.55. The van der Waals surface area contributed by atoms with Crippen LogP contribution in [-0.2, 0) is 4.79 Å². The van der Waals surface area contributed by atoms with E-state index in [0.29, 0.717) is 0 Å². The molecule has 6 nitrogen and oxygen atoms in total. The first-order valence-electron chi connectivity index (χ1n) is 11.4. The van der Waals surface area contributed by atoms with E-state index in [1.165, 1.54) is 0 Å². The molecule has 0 unspecified atom stereocenters. The monoisotopic (exact) mass is 429 g/mol. The van der Waals surface area contributed by atoms with Gasteiger partial charge >= 0.3 is 0 Å². The molecule has 0 spiro atoms. The molecule has 1 aromatic carbocycles. The fourth-order valence-corrected chi connectivity index (χ4v) is 4.17. The zero-order chi connectivity index (χ0) is 22.5. The highest BCUT2D eigenvalue weighted by Gasteiger charge is 2.25. The molecule has 166 valence electrons. The van der Waals surface area contributed by atoms with Gasteiger partial charge in [-0.3, -0.25) is 9.78 Å². The first kappa shape index (κ1) is 21.9. The Balaban J connectivity index is 1.40. The zero-order valence-corrected chi connectivity index (χ0v) is 19.0. The Labute approximate surface area is 190 Å². The molecule has 1 fully saturated rings. The van der Waals surface area contributed by atoms with Crippen LogP contribution in [0.25, 0.3) is 11.1 Å². The van der Waals surface area contributed by atoms with Crippen LogP contribution < -0.4 is 10.2 Å². The van der Waals surface area contributed by atoms with Crippen molar-refractivity contribution in [2.75, 3.05) is 18.0 Å². The minimum atomic E-state index is -0.146. The summed E-state index contributed by atoms with van der Waals surface area (Å²) in [5.74, 6) is 1.01. The van der Waals surface area contributed by atoms with Gasteiger partial charge in [0.1, 0.15) is 0 Å². The molecule has 4 rings (SSSR count). The lowest BCUT2D eigenvalue weighted by atomic mass is 9.98. The van der Waals surface area contributed by atoms with Gasteiger partial charge in [0.05, 0.1) is 11.6 Å². The van der Waals surface area contributed by atoms with E-state index in [0.717, 1.165) is 54.3 Å². The molecule has 1 aliphatic heterocycles. The van der Waals surface area contributed by atoms with Crippen LogP contribution in [0.1, 0.15) is 56.7 Å². The van der Waals surface area contributed by atoms with Crippen molar-refractivity contribution in [2.24, 2.45) is 0 Å². The fraction of sp³-hybridized carbons (Fsp3) is 0.385. The van der Waals surface area contributed by atoms with Crippen LogP contribution in [0.15, 0.2) is 61.1 Å². The second kappa shape index (κ2) is 9.90. The summed E-state index contributed by atoms with van der Waals surface area (Å²) in [6.07, 6.45) is 7.30. The topological polar surface area (TPSA) is 71.0 Å². The van der Waals surface area contributed by atoms with Crippen LogP contribution >= 0.6 is 0 Å². The van der Waals surface area contributed by atoms with Gasteiger partial charge in [-0.1, -0.05) is 44.2 Å². The van der Waals surface area contributed by atoms with Crippen molar-refractivity contribution in [3.05, 3.63) is 72.3 Å². The number of nitrogens with zero attached hydrogens (tertiary/aromatic N) is 4. The number of hydrogen-bond donors (Lipinski definition) is 1. The van der Waals surface area contributed by atoms with Gasteiger partial charge in [0, 0.05) is 43.3 Å². The van der Waals surface area contributed by atoms with Crippen LogP contribution in [0.3, 0.4) is 0 Å². The molecule has 0 radical (unpaired) electrons. The standard InChI is InChI=1S/C26H31N5O/c1-18(2)24-23(21-9-13-27-14-10-21)17-28-26(30-24)31-15-11-22(12-16-31)29-25(32)19(3)20-7-5-4-6-8-20/h4-10,13-14,17-19,22H,11-12,15-16H2,1-3H3,(H,29,32)/t19-/m0/s1. The molecule has 0 aliphatic carbocycles. The van der Waals surface area contributed by atoms with E-state index in [4.69, 9.17) is 4.98 Å². The molecule has 0 saturated carbocycles. The molecule has 6 heteroatoms. The minimum Gasteiger partial charge on any atom is -0.353 e. The minimum absolute atomic E-state index is 0.0923. The van der Waals surface area contributed by atoms with E-state index in [9.17, 15) is 4.79 Å². The molecular weight excluding hydrogens is 398 g/mol. The Hall–Kier alpha value is -3.28. The molecule has 1 aliphatic rings. The molecule has 1 N–H and O–H groups in total. The summed E-state index contributed by atoms with van der Waals surface area (Å²) in [7, 11) is 0. The van der Waals surface area contributed by atoms with Crippen molar-refractivity contribution in [3.63, 3.8) is 0 Å². The summed E-state index contributed by atoms with van der Waals surface area (Å²) in [5.41, 5.74) is 4.24. The maximum atomic E-state index is 12.7. The average molecular weight is 430 g/mol. The molecule has 0 bridgehead atoms. The summed E-state index contributed by atoms with van der Waals surface area (Å²) in [4.78, 5) is 28.7. The molecule has 1 saturated heterocycles. The predicted molar refractivity (Wildman–Crippen MR) is 128 cm³/mol. The Morgan fingerprint density at radius 3 is 2.38 bits per heavy atom. The van der Waals surface area contributed by atoms with Gasteiger partial charge < -0.3 is 10.2 Å². The molecule has 1 amide bonds. The van der Waals surface area contributed by atoms with E-state index in [1.54, 1.807) is 12.4 Å². The van der Waals surface area contributed by atoms with Crippen LogP contribution in [-0.4, -0.2) is 40.0 Å². The smallest absolute Gasteiger partial charge is 0.227 e. The quantitative estimate of drug-likeness (QED) is 0.622. The summed E-state index contributed by atoms with van der Waals surface area (Å²) in [5, 5.41) is 3.24. The number of hydrogen-bond acceptors (Lipinski definition) is 5. The second-order valence-corrected chi connectivity index (χ2v) is 8.76. The van der Waals surface area contributed by atoms with Crippen molar-refractivity contribution in [3.8, 4) is 11.1 Å². The Kier molecular flexibility index (Phi) is 6.78. The number of pyridine rings is 1. The SMILES string of the molecule is CC(C)c1nc(N2CCC(NC(=O)[C@@H](C)c3ccccc3)CC2)ncc1-c1ccncc1. The van der Waals surface area contributed by atoms with E-state index in [1.807, 2.05) is 55.6 Å². The molecular formula is C26H31N5O. The third-order valence-corrected chi connectivity index (χ3v) is 6.16. The summed E-state index contributed by atoms with van der Waals surface area (Å²) < 4.78 is 0. The highest BCUT2D eigenvalue weighted by atomic mass is 16.1. The number of anilines is 1. The van der Waals surface area contributed by atoms with Crippen molar-refractivity contribution in [2.45, 2.75) is 51.5 Å². The van der Waals surface area contributed by atoms with Gasteiger partial charge in [0.25, 0.3) is 0 Å². The highest BCUT2D eigenvalue weighted by molar-refractivity contribution is 5.83. The molecule has 1 atom stereocenters. The number of carbonyl (C=O) groups is 1. The van der Waals surface area contributed by atoms with Crippen molar-refractivity contribution in [1.29, 1.82) is 0 Å². The number of amides is 1. The summed E-state index contributed by atoms with van der Waals surface area (Å²) in [6.45, 7) is 7.94. The third kappa shape index (κ3) is 4.96. The Morgan fingerprint density at radius 1 is 1.03 bits per heavy atom. The summed E-state index contributed by atoms with van der Waals surface area (Å²) >= 11 is 0. The van der Waals surface area contributed by atoms with E-state index >= 15 is 0 Å².